The number of nitrogens with zero attached hydrogens (tertiary/aromatic N) is 1. The summed E-state index contributed by atoms with van der Waals surface area (Å²) in [6.07, 6.45) is 20.5. The summed E-state index contributed by atoms with van der Waals surface area (Å²) < 4.78 is 5.43. The van der Waals surface area contributed by atoms with Crippen molar-refractivity contribution in [2.75, 3.05) is 18.5 Å². The van der Waals surface area contributed by atoms with Crippen molar-refractivity contribution in [3.05, 3.63) is 47.2 Å². The molecule has 0 saturated heterocycles. The minimum atomic E-state index is -1.19. The molecule has 0 N–H and O–H groups in total. The van der Waals surface area contributed by atoms with Crippen LogP contribution in [0.15, 0.2) is 52.0 Å². The SMILES string of the molecule is CC(=CC(C)C)C(C)=CC(C)C.CC(C)CCP(CCC(C)C)(CCC(C)C)=NC1=CC=CC1.[Ti]. The fraction of sp³-hybridized carbons (Fsp3) is 0.750. The average Bonchev–Trinajstić information content (AvgIpc) is 3.21. The Morgan fingerprint density at radius 2 is 1.11 bits per heavy atom. The van der Waals surface area contributed by atoms with Crippen LogP contribution in [0.1, 0.15) is 109 Å². The van der Waals surface area contributed by atoms with Gasteiger partial charge < -0.3 is 0 Å². The Balaban J connectivity index is 0. The zero-order chi connectivity index (χ0) is 26.3. The molecule has 0 heterocycles. The van der Waals surface area contributed by atoms with E-state index >= 15 is 0 Å². The predicted octanol–water partition coefficient (Wildman–Crippen LogP) is 11.4. The summed E-state index contributed by atoms with van der Waals surface area (Å²) in [4.78, 5) is 0. The van der Waals surface area contributed by atoms with Crippen molar-refractivity contribution in [1.29, 1.82) is 0 Å². The molecule has 202 valence electrons. The van der Waals surface area contributed by atoms with Crippen LogP contribution < -0.4 is 0 Å². The molecule has 0 unspecified atom stereocenters. The fourth-order valence-corrected chi connectivity index (χ4v) is 8.68. The molecule has 0 radical (unpaired) electrons. The standard InChI is InChI=1S/C20H38NP.C12H22.Ti/c1-17(2)11-14-22(15-12-18(3)4,16-13-19(5)6)21-20-9-7-8-10-20;1-9(2)7-11(5)12(6)8-10(3)4;/h7-9,17-19H,10-16H2,1-6H3;7-10H,1-6H3;. The van der Waals surface area contributed by atoms with Gasteiger partial charge in [0.1, 0.15) is 0 Å². The first-order valence-electron chi connectivity index (χ1n) is 14.1. The van der Waals surface area contributed by atoms with Crippen LogP contribution in [0.3, 0.4) is 0 Å². The molecule has 0 saturated carbocycles. The Morgan fingerprint density at radius 1 is 0.743 bits per heavy atom. The van der Waals surface area contributed by atoms with Crippen LogP contribution >= 0.6 is 7.05 Å². The van der Waals surface area contributed by atoms with Gasteiger partial charge in [0.2, 0.25) is 0 Å². The molecule has 1 aliphatic rings. The third-order valence-corrected chi connectivity index (χ3v) is 10.2. The topological polar surface area (TPSA) is 12.4 Å². The van der Waals surface area contributed by atoms with Crippen LogP contribution in [0.25, 0.3) is 0 Å². The Kier molecular flexibility index (Phi) is 21.1. The van der Waals surface area contributed by atoms with Gasteiger partial charge in [0.25, 0.3) is 0 Å². The third-order valence-electron chi connectivity index (χ3n) is 6.25. The molecule has 35 heavy (non-hydrogen) atoms. The van der Waals surface area contributed by atoms with Crippen LogP contribution in [0, 0.1) is 29.6 Å². The van der Waals surface area contributed by atoms with E-state index in [4.69, 9.17) is 4.74 Å². The van der Waals surface area contributed by atoms with Crippen molar-refractivity contribution in [3.8, 4) is 0 Å². The van der Waals surface area contributed by atoms with Gasteiger partial charge in [0.05, 0.1) is 0 Å². The van der Waals surface area contributed by atoms with Crippen LogP contribution in [0.2, 0.25) is 0 Å². The Bertz CT molecular complexity index is 673. The van der Waals surface area contributed by atoms with Gasteiger partial charge in [-0.3, -0.25) is 4.74 Å². The summed E-state index contributed by atoms with van der Waals surface area (Å²) in [6, 6.07) is 0. The zero-order valence-corrected chi connectivity index (χ0v) is 28.1. The quantitative estimate of drug-likeness (QED) is 0.126. The minimum absolute atomic E-state index is 0. The van der Waals surface area contributed by atoms with Crippen molar-refractivity contribution in [2.45, 2.75) is 109 Å². The average molecular weight is 538 g/mol. The second-order valence-corrected chi connectivity index (χ2v) is 16.1. The van der Waals surface area contributed by atoms with Gasteiger partial charge in [-0.05, 0) is 94.3 Å². The van der Waals surface area contributed by atoms with E-state index < -0.39 is 7.05 Å². The summed E-state index contributed by atoms with van der Waals surface area (Å²) >= 11 is 0. The minimum Gasteiger partial charge on any atom is -0.272 e. The molecule has 0 atom stereocenters. The van der Waals surface area contributed by atoms with Crippen molar-refractivity contribution >= 4 is 7.05 Å². The molecule has 0 amide bonds. The molecular formula is C32H60NPTi. The van der Waals surface area contributed by atoms with Gasteiger partial charge in [-0.25, -0.2) is 0 Å². The smallest absolute Gasteiger partial charge is 0.0425 e. The maximum atomic E-state index is 5.43. The molecule has 0 spiro atoms. The second-order valence-electron chi connectivity index (χ2n) is 12.4. The number of rotatable bonds is 13. The first kappa shape index (κ1) is 37.1. The normalized spacial score (nSPS) is 14.6. The molecule has 0 aromatic carbocycles. The first-order chi connectivity index (χ1) is 15.8. The Hall–Kier alpha value is -0.0957. The molecule has 1 rings (SSSR count). The van der Waals surface area contributed by atoms with Gasteiger partial charge in [-0.1, -0.05) is 105 Å². The van der Waals surface area contributed by atoms with Crippen molar-refractivity contribution in [2.24, 2.45) is 34.3 Å². The monoisotopic (exact) mass is 537 g/mol. The van der Waals surface area contributed by atoms with E-state index in [-0.39, 0.29) is 21.7 Å². The maximum Gasteiger partial charge on any atom is 0.0425 e. The summed E-state index contributed by atoms with van der Waals surface area (Å²) in [5.41, 5.74) is 4.18. The fourth-order valence-electron chi connectivity index (χ4n) is 4.03. The van der Waals surface area contributed by atoms with E-state index in [9.17, 15) is 0 Å². The largest absolute Gasteiger partial charge is 0.272 e. The number of hydrogen-bond donors (Lipinski definition) is 0. The van der Waals surface area contributed by atoms with Crippen LogP contribution in [0.5, 0.6) is 0 Å². The Labute approximate surface area is 236 Å². The van der Waals surface area contributed by atoms with E-state index in [1.165, 1.54) is 54.6 Å². The summed E-state index contributed by atoms with van der Waals surface area (Å²) in [5.74, 6) is 3.69. The van der Waals surface area contributed by atoms with Gasteiger partial charge in [-0.2, -0.15) is 0 Å². The van der Waals surface area contributed by atoms with Gasteiger partial charge in [0.15, 0.2) is 0 Å². The molecule has 1 nitrogen and oxygen atoms in total. The zero-order valence-electron chi connectivity index (χ0n) is 25.6. The van der Waals surface area contributed by atoms with E-state index in [1.807, 2.05) is 0 Å². The van der Waals surface area contributed by atoms with Gasteiger partial charge in [0, 0.05) is 33.8 Å². The number of allylic oxidation sites excluding steroid dienone is 7. The summed E-state index contributed by atoms with van der Waals surface area (Å²) in [5, 5.41) is 0. The van der Waals surface area contributed by atoms with Gasteiger partial charge >= 0.3 is 0 Å². The third kappa shape index (κ3) is 19.7. The van der Waals surface area contributed by atoms with Crippen LogP contribution in [-0.2, 0) is 21.7 Å². The van der Waals surface area contributed by atoms with E-state index in [0.29, 0.717) is 11.8 Å². The summed E-state index contributed by atoms with van der Waals surface area (Å²) in [7, 11) is -1.19. The molecule has 3 heteroatoms. The van der Waals surface area contributed by atoms with Crippen molar-refractivity contribution < 1.29 is 21.7 Å². The summed E-state index contributed by atoms with van der Waals surface area (Å²) in [6.45, 7) is 27.4. The molecule has 0 bridgehead atoms. The predicted molar refractivity (Wildman–Crippen MR) is 161 cm³/mol. The molecular weight excluding hydrogens is 477 g/mol. The second kappa shape index (κ2) is 19.9. The molecule has 0 aromatic heterocycles. The van der Waals surface area contributed by atoms with Crippen LogP contribution in [0.4, 0.5) is 0 Å². The van der Waals surface area contributed by atoms with Crippen molar-refractivity contribution in [3.63, 3.8) is 0 Å². The van der Waals surface area contributed by atoms with E-state index in [1.54, 1.807) is 0 Å². The molecule has 0 fully saturated rings. The van der Waals surface area contributed by atoms with Crippen LogP contribution in [-0.4, -0.2) is 18.5 Å². The molecule has 0 aliphatic heterocycles. The number of hydrogen-bond acceptors (Lipinski definition) is 1. The molecule has 1 aliphatic carbocycles. The van der Waals surface area contributed by atoms with E-state index in [0.717, 1.165) is 24.2 Å². The van der Waals surface area contributed by atoms with Crippen molar-refractivity contribution in [1.82, 2.24) is 0 Å². The van der Waals surface area contributed by atoms with E-state index in [2.05, 4.69) is 113 Å². The molecule has 0 aromatic rings. The maximum absolute atomic E-state index is 5.43. The first-order valence-corrected chi connectivity index (χ1v) is 16.4. The Morgan fingerprint density at radius 3 is 1.37 bits per heavy atom. The van der Waals surface area contributed by atoms with Gasteiger partial charge in [-0.15, -0.1) is 0 Å².